The number of carbonyl (C=O) groups excluding carboxylic acids is 5. The van der Waals surface area contributed by atoms with Crippen LogP contribution in [0.3, 0.4) is 0 Å². The van der Waals surface area contributed by atoms with Crippen LogP contribution in [-0.2, 0) is 30.5 Å². The van der Waals surface area contributed by atoms with E-state index in [1.54, 1.807) is 6.07 Å². The second kappa shape index (κ2) is 13.7. The Morgan fingerprint density at radius 1 is 0.711 bits per heavy atom. The molecule has 0 aliphatic rings. The molecule has 12 heteroatoms. The summed E-state index contributed by atoms with van der Waals surface area (Å²) < 4.78 is 25.8. The van der Waals surface area contributed by atoms with Gasteiger partial charge >= 0.3 is 23.9 Å². The monoisotopic (exact) mass is 531 g/mol. The van der Waals surface area contributed by atoms with Gasteiger partial charge in [-0.25, -0.2) is 0 Å². The molecule has 2 aromatic carbocycles. The second-order valence-corrected chi connectivity index (χ2v) is 8.13. The quantitative estimate of drug-likeness (QED) is 0.335. The number of ether oxygens (including phenoxy) is 5. The van der Waals surface area contributed by atoms with Crippen molar-refractivity contribution in [3.63, 3.8) is 0 Å². The normalized spacial score (nSPS) is 11.1. The average molecular weight is 532 g/mol. The highest BCUT2D eigenvalue weighted by atomic mass is 16.6. The maximum atomic E-state index is 12.2. The highest BCUT2D eigenvalue weighted by Gasteiger charge is 2.19. The lowest BCUT2D eigenvalue weighted by Gasteiger charge is -2.24. The molecule has 1 N–H and O–H groups in total. The summed E-state index contributed by atoms with van der Waals surface area (Å²) >= 11 is 0. The van der Waals surface area contributed by atoms with Crippen LogP contribution in [0.4, 0.5) is 0 Å². The van der Waals surface area contributed by atoms with Crippen LogP contribution in [0, 0.1) is 0 Å². The number of benzene rings is 2. The van der Waals surface area contributed by atoms with Crippen molar-refractivity contribution < 1.29 is 52.8 Å². The van der Waals surface area contributed by atoms with Gasteiger partial charge in [-0.15, -0.1) is 0 Å². The van der Waals surface area contributed by atoms with Gasteiger partial charge < -0.3 is 33.7 Å². The molecular weight excluding hydrogens is 502 g/mol. The Hall–Kier alpha value is -4.45. The number of hydrogen-bond donors (Lipinski definition) is 1. The first-order valence-electron chi connectivity index (χ1n) is 11.4. The first kappa shape index (κ1) is 29.8. The Morgan fingerprint density at radius 3 is 1.68 bits per heavy atom. The first-order chi connectivity index (χ1) is 17.8. The second-order valence-electron chi connectivity index (χ2n) is 8.13. The molecule has 0 heterocycles. The summed E-state index contributed by atoms with van der Waals surface area (Å²) in [5.41, 5.74) is 0.549. The maximum Gasteiger partial charge on any atom is 0.308 e. The fraction of sp³-hybridized carbons (Fsp3) is 0.346. The van der Waals surface area contributed by atoms with Crippen LogP contribution in [-0.4, -0.2) is 59.0 Å². The molecule has 0 aliphatic heterocycles. The van der Waals surface area contributed by atoms with E-state index in [9.17, 15) is 29.1 Å². The van der Waals surface area contributed by atoms with Crippen LogP contribution < -0.4 is 23.7 Å². The molecule has 0 aliphatic carbocycles. The van der Waals surface area contributed by atoms with E-state index in [1.165, 1.54) is 69.9 Å². The molecular formula is C26H29NO11. The first-order valence-corrected chi connectivity index (χ1v) is 11.4. The lowest BCUT2D eigenvalue weighted by molar-refractivity contribution is -0.134. The van der Waals surface area contributed by atoms with E-state index in [2.05, 4.69) is 0 Å². The van der Waals surface area contributed by atoms with E-state index in [4.69, 9.17) is 23.7 Å². The molecule has 0 saturated carbocycles. The lowest BCUT2D eigenvalue weighted by Crippen LogP contribution is -2.38. The minimum atomic E-state index is -1.11. The fourth-order valence-electron chi connectivity index (χ4n) is 3.20. The van der Waals surface area contributed by atoms with Crippen LogP contribution in [0.25, 0.3) is 0 Å². The van der Waals surface area contributed by atoms with E-state index in [0.717, 1.165) is 0 Å². The summed E-state index contributed by atoms with van der Waals surface area (Å²) in [5.74, 6) is -2.53. The minimum absolute atomic E-state index is 0.0124. The van der Waals surface area contributed by atoms with Crippen LogP contribution >= 0.6 is 0 Å². The summed E-state index contributed by atoms with van der Waals surface area (Å²) in [7, 11) is 0. The molecule has 204 valence electrons. The standard InChI is InChI=1S/C26H29NO11/c1-15(28)27(12-20-6-8-23(35-16(2)29)25(10-20)37-18(4)31)13-21(33)14-34-22-7-9-24(36-17(3)30)26(11-22)38-19(5)32/h6-11,21,33H,12-14H2,1-5H3. The van der Waals surface area contributed by atoms with E-state index in [-0.39, 0.29) is 54.4 Å². The van der Waals surface area contributed by atoms with Crippen molar-refractivity contribution >= 4 is 29.8 Å². The highest BCUT2D eigenvalue weighted by molar-refractivity contribution is 5.75. The summed E-state index contributed by atoms with van der Waals surface area (Å²) in [6.45, 7) is 5.84. The Bertz CT molecular complexity index is 1210. The number of hydrogen-bond acceptors (Lipinski definition) is 11. The van der Waals surface area contributed by atoms with Gasteiger partial charge in [-0.05, 0) is 29.8 Å². The third-order valence-corrected chi connectivity index (χ3v) is 4.63. The van der Waals surface area contributed by atoms with Crippen molar-refractivity contribution in [3.05, 3.63) is 42.0 Å². The van der Waals surface area contributed by atoms with Gasteiger partial charge in [0.1, 0.15) is 18.5 Å². The number of nitrogens with zero attached hydrogens (tertiary/aromatic N) is 1. The predicted molar refractivity (Wildman–Crippen MR) is 131 cm³/mol. The third-order valence-electron chi connectivity index (χ3n) is 4.63. The zero-order chi connectivity index (χ0) is 28.4. The summed E-state index contributed by atoms with van der Waals surface area (Å²) in [6.07, 6.45) is -1.11. The molecule has 1 unspecified atom stereocenters. The van der Waals surface area contributed by atoms with Gasteiger partial charge in [0.05, 0.1) is 6.54 Å². The summed E-state index contributed by atoms with van der Waals surface area (Å²) in [4.78, 5) is 59.0. The van der Waals surface area contributed by atoms with Gasteiger partial charge in [0.2, 0.25) is 5.91 Å². The lowest BCUT2D eigenvalue weighted by atomic mass is 10.1. The van der Waals surface area contributed by atoms with Crippen molar-refractivity contribution in [3.8, 4) is 28.7 Å². The zero-order valence-electron chi connectivity index (χ0n) is 21.6. The SMILES string of the molecule is CC(=O)Oc1ccc(CN(CC(O)COc2ccc(OC(C)=O)c(OC(C)=O)c2)C(C)=O)cc1OC(C)=O. The number of aliphatic hydroxyl groups excluding tert-OH is 1. The summed E-state index contributed by atoms with van der Waals surface area (Å²) in [6, 6.07) is 8.65. The van der Waals surface area contributed by atoms with Crippen LogP contribution in [0.5, 0.6) is 28.7 Å². The predicted octanol–water partition coefficient (Wildman–Crippen LogP) is 2.18. The summed E-state index contributed by atoms with van der Waals surface area (Å²) in [5, 5.41) is 10.5. The molecule has 1 amide bonds. The number of rotatable bonds is 11. The Balaban J connectivity index is 2.10. The van der Waals surface area contributed by atoms with Gasteiger partial charge in [-0.1, -0.05) is 6.07 Å². The molecule has 2 aromatic rings. The van der Waals surface area contributed by atoms with E-state index >= 15 is 0 Å². The highest BCUT2D eigenvalue weighted by Crippen LogP contribution is 2.32. The smallest absolute Gasteiger partial charge is 0.308 e. The average Bonchev–Trinajstić information content (AvgIpc) is 2.79. The Kier molecular flexibility index (Phi) is 10.8. The fourth-order valence-corrected chi connectivity index (χ4v) is 3.20. The van der Waals surface area contributed by atoms with Crippen LogP contribution in [0.1, 0.15) is 40.2 Å². The van der Waals surface area contributed by atoms with Crippen molar-refractivity contribution in [2.75, 3.05) is 13.2 Å². The number of carbonyl (C=O) groups is 5. The molecule has 1 atom stereocenters. The molecule has 0 aromatic heterocycles. The number of esters is 4. The molecule has 0 fully saturated rings. The minimum Gasteiger partial charge on any atom is -0.491 e. The number of amides is 1. The molecule has 2 rings (SSSR count). The topological polar surface area (TPSA) is 155 Å². The van der Waals surface area contributed by atoms with Crippen molar-refractivity contribution in [2.24, 2.45) is 0 Å². The molecule has 0 bridgehead atoms. The van der Waals surface area contributed by atoms with Crippen molar-refractivity contribution in [1.82, 2.24) is 4.90 Å². The van der Waals surface area contributed by atoms with Crippen molar-refractivity contribution in [2.45, 2.75) is 47.3 Å². The molecule has 0 radical (unpaired) electrons. The van der Waals surface area contributed by atoms with Gasteiger partial charge in [0.15, 0.2) is 23.0 Å². The van der Waals surface area contributed by atoms with E-state index in [0.29, 0.717) is 5.56 Å². The molecule has 38 heavy (non-hydrogen) atoms. The van der Waals surface area contributed by atoms with Gasteiger partial charge in [0.25, 0.3) is 0 Å². The van der Waals surface area contributed by atoms with Crippen LogP contribution in [0.15, 0.2) is 36.4 Å². The van der Waals surface area contributed by atoms with Gasteiger partial charge in [-0.2, -0.15) is 0 Å². The van der Waals surface area contributed by atoms with E-state index in [1.807, 2.05) is 0 Å². The third kappa shape index (κ3) is 9.90. The van der Waals surface area contributed by atoms with Crippen LogP contribution in [0.2, 0.25) is 0 Å². The largest absolute Gasteiger partial charge is 0.491 e. The Labute approximate surface area is 219 Å². The molecule has 12 nitrogen and oxygen atoms in total. The van der Waals surface area contributed by atoms with Gasteiger partial charge in [-0.3, -0.25) is 24.0 Å². The van der Waals surface area contributed by atoms with E-state index < -0.39 is 30.0 Å². The van der Waals surface area contributed by atoms with Gasteiger partial charge in [0, 0.05) is 47.2 Å². The Morgan fingerprint density at radius 2 is 1.18 bits per heavy atom. The number of aliphatic hydroxyl groups is 1. The molecule has 0 saturated heterocycles. The molecule has 0 spiro atoms. The zero-order valence-corrected chi connectivity index (χ0v) is 21.6. The van der Waals surface area contributed by atoms with Crippen molar-refractivity contribution in [1.29, 1.82) is 0 Å². The maximum absolute atomic E-state index is 12.2.